The molecule has 1 aliphatic heterocycles. The topological polar surface area (TPSA) is 48.9 Å². The van der Waals surface area contributed by atoms with Crippen molar-refractivity contribution in [3.05, 3.63) is 53.6 Å². The molecule has 172 valence electrons. The Morgan fingerprint density at radius 2 is 1.84 bits per heavy atom. The molecule has 3 aromatic rings. The first-order valence-electron chi connectivity index (χ1n) is 10.1. The Hall–Kier alpha value is -2.33. The van der Waals surface area contributed by atoms with E-state index in [1.54, 1.807) is 17.0 Å². The van der Waals surface area contributed by atoms with Crippen LogP contribution < -0.4 is 9.80 Å². The Morgan fingerprint density at radius 1 is 1.16 bits per heavy atom. The first-order valence-corrected chi connectivity index (χ1v) is 10.9. The molecule has 1 saturated heterocycles. The number of ether oxygens (including phenoxy) is 1. The fraction of sp³-hybridized carbons (Fsp3) is 0.364. The lowest BCUT2D eigenvalue weighted by Crippen LogP contribution is -2.43. The van der Waals surface area contributed by atoms with Crippen molar-refractivity contribution in [1.82, 2.24) is 9.88 Å². The molecule has 0 bridgehead atoms. The Labute approximate surface area is 195 Å². The van der Waals surface area contributed by atoms with E-state index in [1.165, 1.54) is 6.07 Å². The van der Waals surface area contributed by atoms with Crippen LogP contribution in [-0.4, -0.2) is 69.3 Å². The predicted molar refractivity (Wildman–Crippen MR) is 126 cm³/mol. The van der Waals surface area contributed by atoms with Gasteiger partial charge in [0.2, 0.25) is 0 Å². The number of carbonyl (C=O) groups excluding carboxylic acids is 1. The number of hydrogen-bond donors (Lipinski definition) is 0. The molecule has 0 radical (unpaired) electrons. The molecule has 1 aromatic heterocycles. The summed E-state index contributed by atoms with van der Waals surface area (Å²) in [6.45, 7) is 3.92. The van der Waals surface area contributed by atoms with Gasteiger partial charge in [-0.2, -0.15) is 0 Å². The van der Waals surface area contributed by atoms with Crippen molar-refractivity contribution in [3.8, 4) is 0 Å². The number of amides is 1. The maximum atomic E-state index is 14.2. The number of rotatable bonds is 6. The Balaban J connectivity index is 0.00000289. The number of fused-ring (bicyclic) bond motifs is 1. The lowest BCUT2D eigenvalue weighted by atomic mass is 10.1. The quantitative estimate of drug-likeness (QED) is 0.530. The average Bonchev–Trinajstić information content (AvgIpc) is 3.18. The molecule has 0 N–H and O–H groups in total. The number of halogens is 3. The van der Waals surface area contributed by atoms with Gasteiger partial charge in [-0.3, -0.25) is 14.6 Å². The van der Waals surface area contributed by atoms with Gasteiger partial charge in [-0.1, -0.05) is 11.3 Å². The van der Waals surface area contributed by atoms with Crippen molar-refractivity contribution in [3.63, 3.8) is 0 Å². The first kappa shape index (κ1) is 24.3. The van der Waals surface area contributed by atoms with Crippen LogP contribution in [0.1, 0.15) is 10.4 Å². The minimum absolute atomic E-state index is 0. The number of hydrogen-bond acceptors (Lipinski definition) is 6. The molecule has 1 aliphatic rings. The largest absolute Gasteiger partial charge is 0.379 e. The van der Waals surface area contributed by atoms with Crippen molar-refractivity contribution in [2.45, 2.75) is 0 Å². The van der Waals surface area contributed by atoms with Gasteiger partial charge < -0.3 is 9.64 Å². The van der Waals surface area contributed by atoms with Crippen LogP contribution >= 0.6 is 23.7 Å². The number of benzene rings is 2. The zero-order valence-corrected chi connectivity index (χ0v) is 19.5. The van der Waals surface area contributed by atoms with Crippen molar-refractivity contribution in [1.29, 1.82) is 0 Å². The van der Waals surface area contributed by atoms with E-state index in [0.717, 1.165) is 36.2 Å². The molecule has 0 aliphatic carbocycles. The van der Waals surface area contributed by atoms with Crippen LogP contribution in [-0.2, 0) is 4.74 Å². The number of morpholine rings is 1. The summed E-state index contributed by atoms with van der Waals surface area (Å²) in [6, 6.07) is 9.35. The van der Waals surface area contributed by atoms with Crippen LogP contribution in [0.3, 0.4) is 0 Å². The van der Waals surface area contributed by atoms with Gasteiger partial charge in [0.15, 0.2) is 10.9 Å². The minimum Gasteiger partial charge on any atom is -0.379 e. The molecule has 0 unspecified atom stereocenters. The van der Waals surface area contributed by atoms with Crippen LogP contribution in [0.15, 0.2) is 36.4 Å². The summed E-state index contributed by atoms with van der Waals surface area (Å²) < 4.78 is 33.6. The molecule has 2 aromatic carbocycles. The lowest BCUT2D eigenvalue weighted by molar-refractivity contribution is 0.0391. The maximum absolute atomic E-state index is 14.2. The van der Waals surface area contributed by atoms with Crippen molar-refractivity contribution < 1.29 is 18.3 Å². The number of nitrogens with zero attached hydrogens (tertiary/aromatic N) is 4. The molecular weight excluding hydrogens is 458 g/mol. The Morgan fingerprint density at radius 3 is 2.50 bits per heavy atom. The van der Waals surface area contributed by atoms with Crippen LogP contribution in [0, 0.1) is 11.6 Å². The minimum atomic E-state index is -0.728. The second-order valence-corrected chi connectivity index (χ2v) is 8.59. The van der Waals surface area contributed by atoms with E-state index in [0.29, 0.717) is 41.7 Å². The molecule has 4 rings (SSSR count). The molecule has 0 saturated carbocycles. The van der Waals surface area contributed by atoms with Gasteiger partial charge in [-0.05, 0) is 30.3 Å². The summed E-state index contributed by atoms with van der Waals surface area (Å²) in [5, 5.41) is 0.356. The monoisotopic (exact) mass is 482 g/mol. The molecule has 10 heteroatoms. The SMILES string of the molecule is CN(C)c1ccc(C(=O)N(CCN2CCOCC2)c2nc3c(F)cc(F)cc3s2)cc1.Cl. The van der Waals surface area contributed by atoms with Crippen molar-refractivity contribution >= 4 is 50.7 Å². The van der Waals surface area contributed by atoms with E-state index in [-0.39, 0.29) is 23.8 Å². The normalized spacial score (nSPS) is 14.2. The Bertz CT molecular complexity index is 1070. The third-order valence-corrected chi connectivity index (χ3v) is 6.28. The zero-order valence-electron chi connectivity index (χ0n) is 17.9. The summed E-state index contributed by atoms with van der Waals surface area (Å²) in [4.78, 5) is 23.5. The highest BCUT2D eigenvalue weighted by Gasteiger charge is 2.24. The van der Waals surface area contributed by atoms with Gasteiger partial charge in [-0.25, -0.2) is 13.8 Å². The van der Waals surface area contributed by atoms with Crippen molar-refractivity contribution in [2.24, 2.45) is 0 Å². The summed E-state index contributed by atoms with van der Waals surface area (Å²) in [5.41, 5.74) is 1.57. The van der Waals surface area contributed by atoms with Gasteiger partial charge in [-0.15, -0.1) is 12.4 Å². The molecule has 0 spiro atoms. The van der Waals surface area contributed by atoms with Crippen LogP contribution in [0.2, 0.25) is 0 Å². The first-order chi connectivity index (χ1) is 14.9. The summed E-state index contributed by atoms with van der Waals surface area (Å²) in [7, 11) is 3.86. The molecule has 1 amide bonds. The zero-order chi connectivity index (χ0) is 22.0. The molecule has 2 heterocycles. The molecule has 1 fully saturated rings. The molecule has 32 heavy (non-hydrogen) atoms. The van der Waals surface area contributed by atoms with E-state index in [4.69, 9.17) is 4.74 Å². The summed E-state index contributed by atoms with van der Waals surface area (Å²) in [6.07, 6.45) is 0. The summed E-state index contributed by atoms with van der Waals surface area (Å²) in [5.74, 6) is -1.61. The van der Waals surface area contributed by atoms with Crippen LogP contribution in [0.4, 0.5) is 19.6 Å². The van der Waals surface area contributed by atoms with Gasteiger partial charge in [0.05, 0.1) is 17.9 Å². The standard InChI is InChI=1S/C22H24F2N4O2S.ClH/c1-26(2)17-5-3-15(4-6-17)21(29)28(8-7-27-9-11-30-12-10-27)22-25-20-18(24)13-16(23)14-19(20)31-22;/h3-6,13-14H,7-12H2,1-2H3;1H. The third-order valence-electron chi connectivity index (χ3n) is 5.25. The van der Waals surface area contributed by atoms with E-state index >= 15 is 0 Å². The molecule has 6 nitrogen and oxygen atoms in total. The van der Waals surface area contributed by atoms with Gasteiger partial charge in [0.1, 0.15) is 11.3 Å². The fourth-order valence-electron chi connectivity index (χ4n) is 3.47. The van der Waals surface area contributed by atoms with Gasteiger partial charge >= 0.3 is 0 Å². The predicted octanol–water partition coefficient (Wildman–Crippen LogP) is 4.04. The van der Waals surface area contributed by atoms with Crippen LogP contribution in [0.25, 0.3) is 10.2 Å². The molecular formula is C22H25ClF2N4O2S. The maximum Gasteiger partial charge on any atom is 0.260 e. The third kappa shape index (κ3) is 5.35. The molecule has 0 atom stereocenters. The number of carbonyl (C=O) groups is 1. The second kappa shape index (κ2) is 10.5. The fourth-order valence-corrected chi connectivity index (χ4v) is 4.50. The second-order valence-electron chi connectivity index (χ2n) is 7.58. The highest BCUT2D eigenvalue weighted by atomic mass is 35.5. The highest BCUT2D eigenvalue weighted by Crippen LogP contribution is 2.32. The summed E-state index contributed by atoms with van der Waals surface area (Å²) >= 11 is 1.11. The van der Waals surface area contributed by atoms with E-state index in [9.17, 15) is 13.6 Å². The average molecular weight is 483 g/mol. The van der Waals surface area contributed by atoms with Gasteiger partial charge in [0, 0.05) is 57.6 Å². The smallest absolute Gasteiger partial charge is 0.260 e. The van der Waals surface area contributed by atoms with E-state index < -0.39 is 11.6 Å². The number of anilines is 2. The van der Waals surface area contributed by atoms with Crippen molar-refractivity contribution in [2.75, 3.05) is 63.3 Å². The van der Waals surface area contributed by atoms with Crippen LogP contribution in [0.5, 0.6) is 0 Å². The lowest BCUT2D eigenvalue weighted by Gasteiger charge is -2.29. The highest BCUT2D eigenvalue weighted by molar-refractivity contribution is 7.22. The van der Waals surface area contributed by atoms with E-state index in [1.807, 2.05) is 31.1 Å². The van der Waals surface area contributed by atoms with E-state index in [2.05, 4.69) is 9.88 Å². The Kier molecular flexibility index (Phi) is 8.00. The number of thiazole rings is 1. The van der Waals surface area contributed by atoms with Gasteiger partial charge in [0.25, 0.3) is 5.91 Å². The number of aromatic nitrogens is 1.